The summed E-state index contributed by atoms with van der Waals surface area (Å²) < 4.78 is 0. The van der Waals surface area contributed by atoms with Gasteiger partial charge in [0.25, 0.3) is 0 Å². The Morgan fingerprint density at radius 2 is 0.176 bits per heavy atom. The topological polar surface area (TPSA) is 346 Å². The smallest absolute Gasteiger partial charge is 0 e. The molecule has 0 saturated heterocycles. The second-order valence-corrected chi connectivity index (χ2v) is 0. The van der Waals surface area contributed by atoms with Gasteiger partial charge in [-0.3, -0.25) is 0 Å². The van der Waals surface area contributed by atoms with E-state index in [9.17, 15) is 0 Å². The molecule has 0 aliphatic carbocycles. The molecule has 0 heterocycles. The van der Waals surface area contributed by atoms with Gasteiger partial charge >= 0.3 is 0 Å². The number of hydrogen-bond donors (Lipinski definition) is 0. The maximum absolute atomic E-state index is 0. The van der Waals surface area contributed by atoms with Crippen LogP contribution in [0, 0.1) is 0 Å². The minimum absolute atomic E-state index is 0. The van der Waals surface area contributed by atoms with Crippen molar-refractivity contribution in [2.75, 3.05) is 0 Å². The molecule has 11 nitrogen and oxygen atoms in total. The normalized spacial score (nSPS) is 0. The zero-order valence-corrected chi connectivity index (χ0v) is 24.9. The van der Waals surface area contributed by atoms with Crippen LogP contribution in [0.3, 0.4) is 0 Å². The maximum Gasteiger partial charge on any atom is 0 e. The van der Waals surface area contributed by atoms with Crippen molar-refractivity contribution in [3.63, 3.8) is 0 Å². The van der Waals surface area contributed by atoms with Gasteiger partial charge in [-0.2, -0.15) is 0 Å². The molecule has 0 aromatic heterocycles. The molecule has 118 valence electrons. The fourth-order valence-corrected chi connectivity index (χ4v) is 0. The summed E-state index contributed by atoms with van der Waals surface area (Å²) in [6.45, 7) is 0. The Morgan fingerprint density at radius 3 is 0.176 bits per heavy atom. The first-order valence-electron chi connectivity index (χ1n) is 0. The second kappa shape index (κ2) is 414. The third-order valence-electron chi connectivity index (χ3n) is 0. The molecule has 0 bridgehead atoms. The Kier molecular flexibility index (Phi) is 11700. The van der Waals surface area contributed by atoms with Crippen molar-refractivity contribution in [3.05, 3.63) is 0 Å². The Morgan fingerprint density at radius 1 is 0.176 bits per heavy atom. The average molecular weight is 1140 g/mol. The van der Waals surface area contributed by atoms with Crippen LogP contribution in [-0.4, -0.2) is 165 Å². The van der Waals surface area contributed by atoms with Crippen molar-refractivity contribution >= 4 is 105 Å². The van der Waals surface area contributed by atoms with E-state index in [0.29, 0.717) is 0 Å². The van der Waals surface area contributed by atoms with E-state index in [-0.39, 0.29) is 202 Å². The monoisotopic (exact) mass is 1140 g/mol. The fraction of sp³-hybridized carbons (Fsp3) is 0. The van der Waals surface area contributed by atoms with E-state index in [0.717, 1.165) is 0 Å². The Hall–Kier alpha value is 4.26. The molecule has 0 aliphatic heterocycles. The van der Waals surface area contributed by atoms with Gasteiger partial charge in [0.05, 0.1) is 0 Å². The first-order chi connectivity index (χ1) is 0. The Bertz CT molecular complexity index is 21.4. The predicted molar refractivity (Wildman–Crippen MR) is 62.8 cm³/mol. The predicted octanol–water partition coefficient (Wildman–Crippen LogP) is -10.6. The molecule has 0 saturated carbocycles. The van der Waals surface area contributed by atoms with E-state index < -0.39 is 0 Å². The first-order valence-corrected chi connectivity index (χ1v) is 0. The van der Waals surface area contributed by atoms with E-state index >= 15 is 0 Å². The Balaban J connectivity index is 0. The average Bonchev–Trinajstić information content (AvgIpc) is 0. The van der Waals surface area contributed by atoms with Gasteiger partial charge in [0, 0.05) is 142 Å². The maximum atomic E-state index is 0. The van der Waals surface area contributed by atoms with Crippen LogP contribution in [0.1, 0.15) is 0 Å². The molecule has 14 radical (unpaired) electrons. The minimum atomic E-state index is 0. The van der Waals surface area contributed by atoms with E-state index in [1.807, 2.05) is 0 Å². The van der Waals surface area contributed by atoms with E-state index in [1.54, 1.807) is 0 Å². The Labute approximate surface area is 199 Å². The molecule has 0 aliphatic rings. The van der Waals surface area contributed by atoms with Gasteiger partial charge in [0.1, 0.15) is 0 Å². The zero-order chi connectivity index (χ0) is 0. The zero-order valence-electron chi connectivity index (χ0n) is 8.18. The third kappa shape index (κ3) is 372. The molecule has 17 heavy (non-hydrogen) atoms. The summed E-state index contributed by atoms with van der Waals surface area (Å²) in [7, 11) is 0. The molecular weight excluding hydrogens is 1110 g/mol. The van der Waals surface area contributed by atoms with E-state index in [4.69, 9.17) is 0 Å². The summed E-state index contributed by atoms with van der Waals surface area (Å²) in [5.41, 5.74) is 0. The van der Waals surface area contributed by atoms with Crippen molar-refractivity contribution in [1.82, 2.24) is 0 Å². The standard InChI is InChI=1S/4Bi.11H2O.2V/h;;;;11*1H2;;. The molecule has 0 spiro atoms. The first kappa shape index (κ1) is 481. The van der Waals surface area contributed by atoms with Crippen LogP contribution in [-0.2, 0) is 37.1 Å². The van der Waals surface area contributed by atoms with Crippen LogP contribution in [0.15, 0.2) is 0 Å². The van der Waals surface area contributed by atoms with Crippen molar-refractivity contribution in [2.45, 2.75) is 0 Å². The molecule has 0 fully saturated rings. The van der Waals surface area contributed by atoms with Gasteiger partial charge in [-0.1, -0.05) is 0 Å². The van der Waals surface area contributed by atoms with Crippen LogP contribution in [0.5, 0.6) is 0 Å². The van der Waals surface area contributed by atoms with Gasteiger partial charge < -0.3 is 60.2 Å². The summed E-state index contributed by atoms with van der Waals surface area (Å²) in [5, 5.41) is 0. The van der Waals surface area contributed by atoms with E-state index in [2.05, 4.69) is 0 Å². The van der Waals surface area contributed by atoms with E-state index in [1.165, 1.54) is 0 Å². The molecule has 0 aromatic rings. The van der Waals surface area contributed by atoms with Gasteiger partial charge in [0.2, 0.25) is 0 Å². The van der Waals surface area contributed by atoms with Gasteiger partial charge in [0.15, 0.2) is 0 Å². The third-order valence-corrected chi connectivity index (χ3v) is 0. The van der Waals surface area contributed by atoms with Crippen molar-refractivity contribution in [2.24, 2.45) is 0 Å². The quantitative estimate of drug-likeness (QED) is 0.204. The number of hydrogen-bond acceptors (Lipinski definition) is 0. The molecule has 17 heteroatoms. The van der Waals surface area contributed by atoms with Crippen LogP contribution in [0.4, 0.5) is 0 Å². The van der Waals surface area contributed by atoms with Gasteiger partial charge in [-0.05, 0) is 0 Å². The minimum Gasteiger partial charge on any atom is -0.412 e. The second-order valence-electron chi connectivity index (χ2n) is 0. The fourth-order valence-electron chi connectivity index (χ4n) is 0. The van der Waals surface area contributed by atoms with Crippen LogP contribution in [0.25, 0.3) is 0 Å². The van der Waals surface area contributed by atoms with Crippen molar-refractivity contribution < 1.29 is 97.3 Å². The molecule has 0 atom stereocenters. The molecule has 0 aromatic carbocycles. The summed E-state index contributed by atoms with van der Waals surface area (Å²) in [6, 6.07) is 0. The molecule has 0 amide bonds. The summed E-state index contributed by atoms with van der Waals surface area (Å²) in [4.78, 5) is 0. The van der Waals surface area contributed by atoms with Crippen molar-refractivity contribution in [3.8, 4) is 0 Å². The molecule has 22 N–H and O–H groups in total. The SMILES string of the molecule is O.O.O.O.O.O.O.O.O.O.O.[Bi].[Bi].[Bi].[Bi].[V].[V]. The molecule has 0 unspecified atom stereocenters. The van der Waals surface area contributed by atoms with Crippen LogP contribution in [0.2, 0.25) is 0 Å². The largest absolute Gasteiger partial charge is 0.412 e. The number of rotatable bonds is 0. The summed E-state index contributed by atoms with van der Waals surface area (Å²) in [6.07, 6.45) is 0. The molecular formula is H22Bi4O11V2. The summed E-state index contributed by atoms with van der Waals surface area (Å²) >= 11 is 0. The molecule has 0 rings (SSSR count). The van der Waals surface area contributed by atoms with Gasteiger partial charge in [-0.15, -0.1) is 0 Å². The van der Waals surface area contributed by atoms with Crippen LogP contribution < -0.4 is 0 Å². The van der Waals surface area contributed by atoms with Crippen molar-refractivity contribution in [1.29, 1.82) is 0 Å². The van der Waals surface area contributed by atoms with Crippen LogP contribution >= 0.6 is 0 Å². The van der Waals surface area contributed by atoms with Gasteiger partial charge in [-0.25, -0.2) is 0 Å². The summed E-state index contributed by atoms with van der Waals surface area (Å²) in [5.74, 6) is 0.